The summed E-state index contributed by atoms with van der Waals surface area (Å²) in [5.74, 6) is 0.300. The first-order valence-corrected chi connectivity index (χ1v) is 6.39. The third kappa shape index (κ3) is 3.26. The van der Waals surface area contributed by atoms with Gasteiger partial charge >= 0.3 is 0 Å². The largest absolute Gasteiger partial charge is 0.508 e. The molecule has 98 valence electrons. The van der Waals surface area contributed by atoms with Crippen molar-refractivity contribution >= 4 is 23.2 Å². The highest BCUT2D eigenvalue weighted by Gasteiger charge is 2.07. The number of carbonyl (C=O) groups excluding carboxylic acids is 1. The van der Waals surface area contributed by atoms with E-state index in [4.69, 9.17) is 11.6 Å². The molecular weight excluding hydrogens is 262 g/mol. The van der Waals surface area contributed by atoms with Crippen LogP contribution < -0.4 is 5.32 Å². The Labute approximate surface area is 116 Å². The van der Waals surface area contributed by atoms with Crippen LogP contribution in [0.15, 0.2) is 42.5 Å². The predicted octanol–water partition coefficient (Wildman–Crippen LogP) is 3.69. The maximum absolute atomic E-state index is 12.0. The molecule has 0 aliphatic rings. The van der Waals surface area contributed by atoms with Crippen molar-refractivity contribution in [3.8, 4) is 5.75 Å². The van der Waals surface area contributed by atoms with Crippen molar-refractivity contribution in [2.45, 2.75) is 12.8 Å². The quantitative estimate of drug-likeness (QED) is 0.839. The van der Waals surface area contributed by atoms with E-state index in [1.54, 1.807) is 37.3 Å². The molecule has 0 saturated heterocycles. The minimum Gasteiger partial charge on any atom is -0.508 e. The number of anilines is 1. The van der Waals surface area contributed by atoms with Gasteiger partial charge in [-0.3, -0.25) is 4.79 Å². The fourth-order valence-corrected chi connectivity index (χ4v) is 1.85. The van der Waals surface area contributed by atoms with Crippen molar-refractivity contribution < 1.29 is 9.90 Å². The van der Waals surface area contributed by atoms with Crippen LogP contribution in [-0.4, -0.2) is 11.0 Å². The zero-order valence-corrected chi connectivity index (χ0v) is 11.2. The van der Waals surface area contributed by atoms with Gasteiger partial charge in [0.1, 0.15) is 5.75 Å². The van der Waals surface area contributed by atoms with Gasteiger partial charge in [-0.1, -0.05) is 18.2 Å². The summed E-state index contributed by atoms with van der Waals surface area (Å²) >= 11 is 5.74. The Morgan fingerprint density at radius 3 is 2.74 bits per heavy atom. The minimum absolute atomic E-state index is 0.160. The van der Waals surface area contributed by atoms with Gasteiger partial charge in [-0.05, 0) is 36.2 Å². The second kappa shape index (κ2) is 5.76. The monoisotopic (exact) mass is 275 g/mol. The van der Waals surface area contributed by atoms with Gasteiger partial charge in [0.05, 0.1) is 0 Å². The van der Waals surface area contributed by atoms with Crippen LogP contribution >= 0.6 is 11.6 Å². The minimum atomic E-state index is -0.227. The van der Waals surface area contributed by atoms with Crippen LogP contribution in [0.3, 0.4) is 0 Å². The molecule has 0 bridgehead atoms. The molecule has 1 amide bonds. The van der Waals surface area contributed by atoms with Crippen LogP contribution in [0.4, 0.5) is 5.69 Å². The van der Waals surface area contributed by atoms with Crippen LogP contribution in [-0.2, 0) is 5.88 Å². The van der Waals surface area contributed by atoms with E-state index in [9.17, 15) is 9.90 Å². The van der Waals surface area contributed by atoms with Gasteiger partial charge in [-0.2, -0.15) is 0 Å². The summed E-state index contributed by atoms with van der Waals surface area (Å²) in [5, 5.41) is 12.3. The molecule has 4 heteroatoms. The molecule has 0 atom stereocenters. The molecule has 0 unspecified atom stereocenters. The van der Waals surface area contributed by atoms with E-state index in [1.165, 1.54) is 6.07 Å². The van der Waals surface area contributed by atoms with Gasteiger partial charge in [-0.15, -0.1) is 11.6 Å². The highest BCUT2D eigenvalue weighted by molar-refractivity contribution is 6.17. The van der Waals surface area contributed by atoms with E-state index in [2.05, 4.69) is 5.32 Å². The maximum atomic E-state index is 12.0. The first kappa shape index (κ1) is 13.4. The molecule has 0 saturated carbocycles. The molecular formula is C15H14ClNO2. The van der Waals surface area contributed by atoms with Crippen molar-refractivity contribution in [2.75, 3.05) is 5.32 Å². The average Bonchev–Trinajstić information content (AvgIpc) is 2.43. The summed E-state index contributed by atoms with van der Waals surface area (Å²) in [5.41, 5.74) is 2.76. The number of nitrogens with one attached hydrogen (secondary N) is 1. The number of halogens is 1. The highest BCUT2D eigenvalue weighted by atomic mass is 35.5. The number of phenols is 1. The molecule has 2 rings (SSSR count). The van der Waals surface area contributed by atoms with Crippen LogP contribution in [0.25, 0.3) is 0 Å². The number of aromatic hydroxyl groups is 1. The summed E-state index contributed by atoms with van der Waals surface area (Å²) in [7, 11) is 0. The number of benzene rings is 2. The molecule has 0 aromatic heterocycles. The molecule has 2 aromatic rings. The average molecular weight is 276 g/mol. The van der Waals surface area contributed by atoms with Crippen molar-refractivity contribution in [2.24, 2.45) is 0 Å². The second-order valence-electron chi connectivity index (χ2n) is 4.29. The number of rotatable bonds is 3. The maximum Gasteiger partial charge on any atom is 0.255 e. The van der Waals surface area contributed by atoms with Crippen molar-refractivity contribution in [1.82, 2.24) is 0 Å². The fraction of sp³-hybridized carbons (Fsp3) is 0.133. The van der Waals surface area contributed by atoms with E-state index in [-0.39, 0.29) is 11.7 Å². The lowest BCUT2D eigenvalue weighted by molar-refractivity contribution is 0.102. The molecule has 0 heterocycles. The Balaban J connectivity index is 2.18. The van der Waals surface area contributed by atoms with Crippen molar-refractivity contribution in [3.63, 3.8) is 0 Å². The third-order valence-electron chi connectivity index (χ3n) is 2.81. The third-order valence-corrected chi connectivity index (χ3v) is 3.12. The van der Waals surface area contributed by atoms with E-state index in [0.29, 0.717) is 17.1 Å². The van der Waals surface area contributed by atoms with Crippen molar-refractivity contribution in [3.05, 3.63) is 59.2 Å². The lowest BCUT2D eigenvalue weighted by atomic mass is 10.1. The van der Waals surface area contributed by atoms with Crippen molar-refractivity contribution in [1.29, 1.82) is 0 Å². The predicted molar refractivity (Wildman–Crippen MR) is 76.8 cm³/mol. The summed E-state index contributed by atoms with van der Waals surface area (Å²) in [4.78, 5) is 12.0. The number of hydrogen-bond donors (Lipinski definition) is 2. The van der Waals surface area contributed by atoms with Gasteiger partial charge in [0.25, 0.3) is 5.91 Å². The Morgan fingerprint density at radius 1 is 1.26 bits per heavy atom. The smallest absolute Gasteiger partial charge is 0.255 e. The topological polar surface area (TPSA) is 49.3 Å². The van der Waals surface area contributed by atoms with Crippen LogP contribution in [0, 0.1) is 6.92 Å². The Bertz CT molecular complexity index is 611. The molecule has 3 nitrogen and oxygen atoms in total. The number of hydrogen-bond acceptors (Lipinski definition) is 2. The molecule has 2 aromatic carbocycles. The van der Waals surface area contributed by atoms with E-state index in [0.717, 1.165) is 11.1 Å². The van der Waals surface area contributed by atoms with Gasteiger partial charge < -0.3 is 10.4 Å². The van der Waals surface area contributed by atoms with Crippen LogP contribution in [0.5, 0.6) is 5.75 Å². The summed E-state index contributed by atoms with van der Waals surface area (Å²) in [6.07, 6.45) is 0. The van der Waals surface area contributed by atoms with Gasteiger partial charge in [0.2, 0.25) is 0 Å². The number of carbonyl (C=O) groups is 1. The second-order valence-corrected chi connectivity index (χ2v) is 4.56. The highest BCUT2D eigenvalue weighted by Crippen LogP contribution is 2.21. The fourth-order valence-electron chi connectivity index (χ4n) is 1.69. The zero-order chi connectivity index (χ0) is 13.8. The summed E-state index contributed by atoms with van der Waals surface area (Å²) in [6.45, 7) is 1.80. The Hall–Kier alpha value is -2.00. The number of phenolic OH excluding ortho intramolecular Hbond substituents is 1. The molecule has 2 N–H and O–H groups in total. The molecule has 0 fully saturated rings. The number of amides is 1. The zero-order valence-electron chi connectivity index (χ0n) is 10.5. The standard InChI is InChI=1S/C15H14ClNO2/c1-10-5-6-13(8-14(10)18)17-15(19)12-4-2-3-11(7-12)9-16/h2-8,18H,9H2,1H3,(H,17,19). The van der Waals surface area contributed by atoms with Crippen LogP contribution in [0.1, 0.15) is 21.5 Å². The first-order chi connectivity index (χ1) is 9.10. The van der Waals surface area contributed by atoms with Gasteiger partial charge in [-0.25, -0.2) is 0 Å². The summed E-state index contributed by atoms with van der Waals surface area (Å²) < 4.78 is 0. The SMILES string of the molecule is Cc1ccc(NC(=O)c2cccc(CCl)c2)cc1O. The van der Waals surface area contributed by atoms with E-state index in [1.807, 2.05) is 6.07 Å². The normalized spacial score (nSPS) is 10.2. The van der Waals surface area contributed by atoms with Gasteiger partial charge in [0.15, 0.2) is 0 Å². The molecule has 0 aliphatic carbocycles. The molecule has 0 spiro atoms. The molecule has 0 aliphatic heterocycles. The summed E-state index contributed by atoms with van der Waals surface area (Å²) in [6, 6.07) is 12.1. The Kier molecular flexibility index (Phi) is 4.07. The lowest BCUT2D eigenvalue weighted by Crippen LogP contribution is -2.12. The Morgan fingerprint density at radius 2 is 2.05 bits per heavy atom. The van der Waals surface area contributed by atoms with Crippen LogP contribution in [0.2, 0.25) is 0 Å². The van der Waals surface area contributed by atoms with E-state index < -0.39 is 0 Å². The first-order valence-electron chi connectivity index (χ1n) is 5.86. The number of alkyl halides is 1. The molecule has 0 radical (unpaired) electrons. The van der Waals surface area contributed by atoms with Gasteiger partial charge in [0, 0.05) is 23.2 Å². The number of aryl methyl sites for hydroxylation is 1. The lowest BCUT2D eigenvalue weighted by Gasteiger charge is -2.07. The molecule has 19 heavy (non-hydrogen) atoms. The van der Waals surface area contributed by atoms with E-state index >= 15 is 0 Å².